The van der Waals surface area contributed by atoms with E-state index in [9.17, 15) is 8.42 Å². The summed E-state index contributed by atoms with van der Waals surface area (Å²) in [6.45, 7) is 5.33. The van der Waals surface area contributed by atoms with Gasteiger partial charge in [-0.1, -0.05) is 35.3 Å². The zero-order chi connectivity index (χ0) is 14.8. The van der Waals surface area contributed by atoms with Gasteiger partial charge in [-0.25, -0.2) is 8.42 Å². The molecule has 1 saturated heterocycles. The van der Waals surface area contributed by atoms with Gasteiger partial charge in [-0.3, -0.25) is 0 Å². The lowest BCUT2D eigenvalue weighted by molar-refractivity contribution is 0.407. The van der Waals surface area contributed by atoms with Crippen LogP contribution in [0.4, 0.5) is 0 Å². The molecule has 1 atom stereocenters. The second-order valence-electron chi connectivity index (χ2n) is 5.52. The molecular formula is C15H22BrNO2S. The van der Waals surface area contributed by atoms with Crippen LogP contribution in [0.2, 0.25) is 0 Å². The van der Waals surface area contributed by atoms with Crippen LogP contribution in [0.5, 0.6) is 0 Å². The Morgan fingerprint density at radius 1 is 1.30 bits per heavy atom. The van der Waals surface area contributed by atoms with Crippen molar-refractivity contribution in [3.63, 3.8) is 0 Å². The fourth-order valence-corrected chi connectivity index (χ4v) is 5.04. The van der Waals surface area contributed by atoms with Gasteiger partial charge in [0.15, 0.2) is 0 Å². The molecule has 0 radical (unpaired) electrons. The summed E-state index contributed by atoms with van der Waals surface area (Å²) in [6.07, 6.45) is 4.22. The average Bonchev–Trinajstić information content (AvgIpc) is 2.67. The second-order valence-corrected chi connectivity index (χ2v) is 8.34. The summed E-state index contributed by atoms with van der Waals surface area (Å²) in [5, 5.41) is 0. The summed E-state index contributed by atoms with van der Waals surface area (Å²) < 4.78 is 28.1. The second kappa shape index (κ2) is 6.58. The Bertz CT molecular complexity index is 571. The Hall–Kier alpha value is -0.390. The van der Waals surface area contributed by atoms with Crippen LogP contribution < -0.4 is 0 Å². The molecule has 1 aromatic carbocycles. The van der Waals surface area contributed by atoms with Crippen LogP contribution in [0.25, 0.3) is 0 Å². The zero-order valence-corrected chi connectivity index (χ0v) is 14.5. The maximum Gasteiger partial charge on any atom is 0.243 e. The standard InChI is InChI=1S/C15H22BrNO2S/c1-3-13-5-4-9-17(10-8-13)20(18,19)15-11-14(16)7-6-12(15)2/h6-7,11,13H,3-5,8-10H2,1-2H3. The summed E-state index contributed by atoms with van der Waals surface area (Å²) in [4.78, 5) is 0.432. The summed E-state index contributed by atoms with van der Waals surface area (Å²) in [5.41, 5.74) is 0.810. The minimum atomic E-state index is -3.37. The predicted octanol–water partition coefficient (Wildman–Crippen LogP) is 3.96. The van der Waals surface area contributed by atoms with Crippen molar-refractivity contribution in [2.75, 3.05) is 13.1 Å². The van der Waals surface area contributed by atoms with E-state index in [2.05, 4.69) is 22.9 Å². The number of hydrogen-bond donors (Lipinski definition) is 0. The molecule has 0 bridgehead atoms. The first kappa shape index (κ1) is 16.0. The Kier molecular flexibility index (Phi) is 5.26. The van der Waals surface area contributed by atoms with Gasteiger partial charge in [0, 0.05) is 17.6 Å². The molecule has 0 N–H and O–H groups in total. The topological polar surface area (TPSA) is 37.4 Å². The number of nitrogens with zero attached hydrogens (tertiary/aromatic N) is 1. The highest BCUT2D eigenvalue weighted by Gasteiger charge is 2.28. The molecule has 112 valence electrons. The van der Waals surface area contributed by atoms with E-state index in [4.69, 9.17) is 0 Å². The molecule has 0 amide bonds. The molecule has 0 spiro atoms. The monoisotopic (exact) mass is 359 g/mol. The highest BCUT2D eigenvalue weighted by atomic mass is 79.9. The molecule has 3 nitrogen and oxygen atoms in total. The first-order chi connectivity index (χ1) is 9.45. The van der Waals surface area contributed by atoms with Crippen LogP contribution in [0, 0.1) is 12.8 Å². The van der Waals surface area contributed by atoms with Gasteiger partial charge in [0.2, 0.25) is 10.0 Å². The van der Waals surface area contributed by atoms with Crippen molar-refractivity contribution in [2.45, 2.75) is 44.4 Å². The van der Waals surface area contributed by atoms with Crippen LogP contribution in [0.15, 0.2) is 27.6 Å². The molecule has 1 unspecified atom stereocenters. The van der Waals surface area contributed by atoms with Crippen molar-refractivity contribution in [3.8, 4) is 0 Å². The molecule has 5 heteroatoms. The van der Waals surface area contributed by atoms with Gasteiger partial charge in [0.05, 0.1) is 4.90 Å². The number of rotatable bonds is 3. The summed E-state index contributed by atoms with van der Waals surface area (Å²) in [5.74, 6) is 0.666. The minimum absolute atomic E-state index is 0.432. The Labute approximate surface area is 130 Å². The molecule has 1 aromatic rings. The van der Waals surface area contributed by atoms with Crippen molar-refractivity contribution < 1.29 is 8.42 Å². The molecule has 1 fully saturated rings. The fourth-order valence-electron chi connectivity index (χ4n) is 2.78. The molecule has 0 aliphatic carbocycles. The van der Waals surface area contributed by atoms with E-state index in [-0.39, 0.29) is 0 Å². The lowest BCUT2D eigenvalue weighted by Crippen LogP contribution is -2.32. The first-order valence-corrected chi connectivity index (χ1v) is 9.44. The normalized spacial score (nSPS) is 21.6. The van der Waals surface area contributed by atoms with Crippen LogP contribution in [-0.4, -0.2) is 25.8 Å². The average molecular weight is 360 g/mol. The summed E-state index contributed by atoms with van der Waals surface area (Å²) >= 11 is 3.37. The van der Waals surface area contributed by atoms with Gasteiger partial charge in [-0.15, -0.1) is 0 Å². The van der Waals surface area contributed by atoms with Crippen LogP contribution in [0.1, 0.15) is 38.2 Å². The zero-order valence-electron chi connectivity index (χ0n) is 12.1. The van der Waals surface area contributed by atoms with Crippen molar-refractivity contribution in [2.24, 2.45) is 5.92 Å². The lowest BCUT2D eigenvalue weighted by atomic mass is 9.98. The molecule has 1 aliphatic heterocycles. The van der Waals surface area contributed by atoms with Crippen LogP contribution >= 0.6 is 15.9 Å². The Morgan fingerprint density at radius 3 is 2.75 bits per heavy atom. The number of benzene rings is 1. The van der Waals surface area contributed by atoms with E-state index >= 15 is 0 Å². The van der Waals surface area contributed by atoms with Gasteiger partial charge in [0.25, 0.3) is 0 Å². The van der Waals surface area contributed by atoms with Gasteiger partial charge in [-0.2, -0.15) is 4.31 Å². The van der Waals surface area contributed by atoms with E-state index in [1.807, 2.05) is 19.1 Å². The minimum Gasteiger partial charge on any atom is -0.207 e. The highest BCUT2D eigenvalue weighted by molar-refractivity contribution is 9.10. The number of halogens is 1. The predicted molar refractivity (Wildman–Crippen MR) is 85.3 cm³/mol. The molecular weight excluding hydrogens is 338 g/mol. The first-order valence-electron chi connectivity index (χ1n) is 7.21. The molecule has 1 aliphatic rings. The molecule has 20 heavy (non-hydrogen) atoms. The van der Waals surface area contributed by atoms with Gasteiger partial charge >= 0.3 is 0 Å². The molecule has 0 aromatic heterocycles. The molecule has 2 rings (SSSR count). The van der Waals surface area contributed by atoms with E-state index in [1.54, 1.807) is 10.4 Å². The van der Waals surface area contributed by atoms with Crippen LogP contribution in [0.3, 0.4) is 0 Å². The quantitative estimate of drug-likeness (QED) is 0.818. The van der Waals surface area contributed by atoms with Crippen LogP contribution in [-0.2, 0) is 10.0 Å². The fraction of sp³-hybridized carbons (Fsp3) is 0.600. The smallest absolute Gasteiger partial charge is 0.207 e. The van der Waals surface area contributed by atoms with E-state index in [0.717, 1.165) is 35.7 Å². The van der Waals surface area contributed by atoms with Crippen molar-refractivity contribution in [3.05, 3.63) is 28.2 Å². The largest absolute Gasteiger partial charge is 0.243 e. The van der Waals surface area contributed by atoms with Gasteiger partial charge < -0.3 is 0 Å². The number of aryl methyl sites for hydroxylation is 1. The lowest BCUT2D eigenvalue weighted by Gasteiger charge is -2.21. The number of hydrogen-bond acceptors (Lipinski definition) is 2. The van der Waals surface area contributed by atoms with Crippen molar-refractivity contribution in [1.29, 1.82) is 0 Å². The summed E-state index contributed by atoms with van der Waals surface area (Å²) in [7, 11) is -3.37. The summed E-state index contributed by atoms with van der Waals surface area (Å²) in [6, 6.07) is 5.44. The maximum absolute atomic E-state index is 12.8. The third-order valence-corrected chi connectivity index (χ3v) is 6.69. The Morgan fingerprint density at radius 2 is 2.05 bits per heavy atom. The third-order valence-electron chi connectivity index (χ3n) is 4.15. The Balaban J connectivity index is 2.28. The molecule has 0 saturated carbocycles. The SMILES string of the molecule is CCC1CCCN(S(=O)(=O)c2cc(Br)ccc2C)CC1. The van der Waals surface area contributed by atoms with E-state index < -0.39 is 10.0 Å². The third kappa shape index (κ3) is 3.43. The van der Waals surface area contributed by atoms with Gasteiger partial charge in [-0.05, 0) is 49.8 Å². The van der Waals surface area contributed by atoms with E-state index in [0.29, 0.717) is 23.9 Å². The van der Waals surface area contributed by atoms with Gasteiger partial charge in [0.1, 0.15) is 0 Å². The maximum atomic E-state index is 12.8. The highest BCUT2D eigenvalue weighted by Crippen LogP contribution is 2.27. The van der Waals surface area contributed by atoms with E-state index in [1.165, 1.54) is 0 Å². The van der Waals surface area contributed by atoms with Crippen molar-refractivity contribution >= 4 is 26.0 Å². The van der Waals surface area contributed by atoms with Crippen molar-refractivity contribution in [1.82, 2.24) is 4.31 Å². The number of sulfonamides is 1. The molecule has 1 heterocycles.